The van der Waals surface area contributed by atoms with E-state index in [2.05, 4.69) is 15.4 Å². The van der Waals surface area contributed by atoms with Gasteiger partial charge in [0.05, 0.1) is 25.0 Å². The zero-order valence-electron chi connectivity index (χ0n) is 18.8. The van der Waals surface area contributed by atoms with Gasteiger partial charge in [0.2, 0.25) is 15.9 Å². The van der Waals surface area contributed by atoms with Crippen molar-refractivity contribution in [2.45, 2.75) is 36.6 Å². The number of benzene rings is 1. The minimum atomic E-state index is -4.92. The summed E-state index contributed by atoms with van der Waals surface area (Å²) in [4.78, 5) is 14.8. The standard InChI is InChI=1S/C21H27F4N5O4S/c22-16-3-1-15(2-4-16)18(21(23,24)25)28-17(19(31)29-20(14-26)5-6-20)13-35(32,33)27-7-8-30-9-11-34-12-10-30/h1-4,17-18,27-28H,5-13H2,(H,29,31)/t17-,18-/m0/s1. The molecule has 0 radical (unpaired) electrons. The predicted octanol–water partition coefficient (Wildman–Crippen LogP) is 0.811. The van der Waals surface area contributed by atoms with Crippen molar-refractivity contribution in [3.8, 4) is 6.07 Å². The van der Waals surface area contributed by atoms with E-state index in [1.165, 1.54) is 0 Å². The number of nitriles is 1. The lowest BCUT2D eigenvalue weighted by molar-refractivity contribution is -0.160. The maximum absolute atomic E-state index is 13.9. The van der Waals surface area contributed by atoms with Crippen LogP contribution in [0.5, 0.6) is 0 Å². The highest BCUT2D eigenvalue weighted by Gasteiger charge is 2.48. The number of nitrogens with zero attached hydrogens (tertiary/aromatic N) is 2. The van der Waals surface area contributed by atoms with Crippen LogP contribution in [0.15, 0.2) is 24.3 Å². The van der Waals surface area contributed by atoms with Gasteiger partial charge in [0, 0.05) is 26.2 Å². The molecule has 1 amide bonds. The Bertz CT molecular complexity index is 1020. The lowest BCUT2D eigenvalue weighted by Crippen LogP contribution is -2.55. The van der Waals surface area contributed by atoms with Crippen LogP contribution in [-0.2, 0) is 19.6 Å². The molecule has 1 aromatic carbocycles. The number of morpholine rings is 1. The lowest BCUT2D eigenvalue weighted by Gasteiger charge is -2.28. The van der Waals surface area contributed by atoms with E-state index in [1.807, 2.05) is 11.0 Å². The third kappa shape index (κ3) is 8.11. The Kier molecular flexibility index (Phi) is 8.71. The molecule has 1 aromatic rings. The van der Waals surface area contributed by atoms with Gasteiger partial charge in [-0.3, -0.25) is 15.0 Å². The van der Waals surface area contributed by atoms with Crippen LogP contribution in [0.1, 0.15) is 24.4 Å². The summed E-state index contributed by atoms with van der Waals surface area (Å²) >= 11 is 0. The molecule has 3 N–H and O–H groups in total. The molecule has 0 aromatic heterocycles. The minimum Gasteiger partial charge on any atom is -0.379 e. The number of hydrogen-bond acceptors (Lipinski definition) is 7. The Morgan fingerprint density at radius 1 is 1.20 bits per heavy atom. The molecule has 1 aliphatic carbocycles. The van der Waals surface area contributed by atoms with Crippen LogP contribution < -0.4 is 15.4 Å². The smallest absolute Gasteiger partial charge is 0.379 e. The van der Waals surface area contributed by atoms with Gasteiger partial charge in [-0.05, 0) is 30.5 Å². The monoisotopic (exact) mass is 521 g/mol. The van der Waals surface area contributed by atoms with Gasteiger partial charge in [0.15, 0.2) is 0 Å². The maximum atomic E-state index is 13.9. The van der Waals surface area contributed by atoms with Gasteiger partial charge in [-0.15, -0.1) is 0 Å². The predicted molar refractivity (Wildman–Crippen MR) is 117 cm³/mol. The lowest BCUT2D eigenvalue weighted by atomic mass is 10.0. The number of nitrogens with one attached hydrogen (secondary N) is 3. The van der Waals surface area contributed by atoms with Crippen molar-refractivity contribution >= 4 is 15.9 Å². The van der Waals surface area contributed by atoms with Crippen molar-refractivity contribution in [2.24, 2.45) is 0 Å². The van der Waals surface area contributed by atoms with Gasteiger partial charge in [0.1, 0.15) is 23.4 Å². The highest BCUT2D eigenvalue weighted by atomic mass is 32.2. The number of ether oxygens (including phenoxy) is 1. The van der Waals surface area contributed by atoms with Crippen molar-refractivity contribution in [3.63, 3.8) is 0 Å². The molecule has 2 atom stereocenters. The van der Waals surface area contributed by atoms with Crippen LogP contribution in [0.4, 0.5) is 17.6 Å². The first-order valence-electron chi connectivity index (χ1n) is 11.0. The molecule has 0 bridgehead atoms. The second kappa shape index (κ2) is 11.2. The Hall–Kier alpha value is -2.31. The summed E-state index contributed by atoms with van der Waals surface area (Å²) in [6, 6.07) is 1.09. The SMILES string of the molecule is N#CC1(NC(=O)[C@H](CS(=O)(=O)NCCN2CCOCC2)N[C@@H](c2ccc(F)cc2)C(F)(F)F)CC1. The Balaban J connectivity index is 1.75. The summed E-state index contributed by atoms with van der Waals surface area (Å²) in [6.07, 6.45) is -4.29. The average Bonchev–Trinajstić information content (AvgIpc) is 3.57. The first kappa shape index (κ1) is 27.3. The first-order valence-corrected chi connectivity index (χ1v) is 12.7. The van der Waals surface area contributed by atoms with Gasteiger partial charge in [-0.1, -0.05) is 12.1 Å². The summed E-state index contributed by atoms with van der Waals surface area (Å²) in [5, 5.41) is 13.7. The molecule has 1 aliphatic heterocycles. The van der Waals surface area contributed by atoms with Crippen LogP contribution in [-0.4, -0.2) is 82.1 Å². The third-order valence-corrected chi connectivity index (χ3v) is 7.20. The van der Waals surface area contributed by atoms with Crippen molar-refractivity contribution < 1.29 is 35.5 Å². The molecule has 1 saturated carbocycles. The van der Waals surface area contributed by atoms with E-state index in [4.69, 9.17) is 4.74 Å². The number of rotatable bonds is 11. The summed E-state index contributed by atoms with van der Waals surface area (Å²) in [7, 11) is -4.19. The quantitative estimate of drug-likeness (QED) is 0.368. The topological polar surface area (TPSA) is 124 Å². The highest BCUT2D eigenvalue weighted by Crippen LogP contribution is 2.35. The summed E-state index contributed by atoms with van der Waals surface area (Å²) in [5.41, 5.74) is -1.61. The van der Waals surface area contributed by atoms with Gasteiger partial charge in [0.25, 0.3) is 0 Å². The van der Waals surface area contributed by atoms with Crippen LogP contribution in [0.3, 0.4) is 0 Å². The van der Waals surface area contributed by atoms with Gasteiger partial charge in [-0.2, -0.15) is 18.4 Å². The molecular formula is C21H27F4N5O4S. The molecule has 194 valence electrons. The molecule has 0 spiro atoms. The number of hydrogen-bond donors (Lipinski definition) is 3. The summed E-state index contributed by atoms with van der Waals surface area (Å²) in [5.74, 6) is -2.78. The van der Waals surface area contributed by atoms with Crippen molar-refractivity contribution in [1.29, 1.82) is 5.26 Å². The number of halogens is 4. The second-order valence-corrected chi connectivity index (χ2v) is 10.4. The molecular weight excluding hydrogens is 494 g/mol. The van der Waals surface area contributed by atoms with Crippen molar-refractivity contribution in [3.05, 3.63) is 35.6 Å². The molecule has 3 rings (SSSR count). The molecule has 35 heavy (non-hydrogen) atoms. The molecule has 0 unspecified atom stereocenters. The van der Waals surface area contributed by atoms with Crippen LogP contribution in [0.25, 0.3) is 0 Å². The van der Waals surface area contributed by atoms with Crippen molar-refractivity contribution in [2.75, 3.05) is 45.1 Å². The van der Waals surface area contributed by atoms with Gasteiger partial charge in [-0.25, -0.2) is 17.5 Å². The maximum Gasteiger partial charge on any atom is 0.407 e. The third-order valence-electron chi connectivity index (χ3n) is 5.78. The Labute approximate surface area is 200 Å². The van der Waals surface area contributed by atoms with E-state index in [-0.39, 0.29) is 6.54 Å². The largest absolute Gasteiger partial charge is 0.407 e. The average molecular weight is 522 g/mol. The van der Waals surface area contributed by atoms with E-state index in [0.29, 0.717) is 45.7 Å². The number of alkyl halides is 3. The fourth-order valence-electron chi connectivity index (χ4n) is 3.61. The molecule has 1 saturated heterocycles. The Morgan fingerprint density at radius 2 is 1.83 bits per heavy atom. The zero-order valence-corrected chi connectivity index (χ0v) is 19.6. The van der Waals surface area contributed by atoms with E-state index < -0.39 is 56.9 Å². The summed E-state index contributed by atoms with van der Waals surface area (Å²) in [6.45, 7) is 2.64. The number of sulfonamides is 1. The van der Waals surface area contributed by atoms with Crippen LogP contribution in [0.2, 0.25) is 0 Å². The fraction of sp³-hybridized carbons (Fsp3) is 0.619. The van der Waals surface area contributed by atoms with Crippen molar-refractivity contribution in [1.82, 2.24) is 20.3 Å². The van der Waals surface area contributed by atoms with E-state index in [1.54, 1.807) is 0 Å². The number of carbonyl (C=O) groups is 1. The minimum absolute atomic E-state index is 0.000529. The fourth-order valence-corrected chi connectivity index (χ4v) is 4.82. The molecule has 1 heterocycles. The summed E-state index contributed by atoms with van der Waals surface area (Å²) < 4.78 is 87.7. The van der Waals surface area contributed by atoms with E-state index in [9.17, 15) is 36.0 Å². The highest BCUT2D eigenvalue weighted by molar-refractivity contribution is 7.89. The van der Waals surface area contributed by atoms with Gasteiger partial charge >= 0.3 is 6.18 Å². The molecule has 2 aliphatic rings. The molecule has 9 nitrogen and oxygen atoms in total. The van der Waals surface area contributed by atoms with Gasteiger partial charge < -0.3 is 10.1 Å². The normalized spacial score (nSPS) is 20.0. The van der Waals surface area contributed by atoms with Crippen LogP contribution >= 0.6 is 0 Å². The second-order valence-electron chi connectivity index (χ2n) is 8.56. The first-order chi connectivity index (χ1) is 16.4. The molecule has 2 fully saturated rings. The number of amides is 1. The van der Waals surface area contributed by atoms with E-state index in [0.717, 1.165) is 24.3 Å². The number of carbonyl (C=O) groups excluding carboxylic acids is 1. The Morgan fingerprint density at radius 3 is 2.37 bits per heavy atom. The molecule has 14 heteroatoms. The van der Waals surface area contributed by atoms with Crippen LogP contribution in [0, 0.1) is 17.1 Å². The zero-order chi connectivity index (χ0) is 25.7. The van der Waals surface area contributed by atoms with E-state index >= 15 is 0 Å².